The minimum Gasteiger partial charge on any atom is -0.350 e. The molecule has 1 aliphatic rings. The van der Waals surface area contributed by atoms with Crippen LogP contribution < -0.4 is 5.32 Å². The molecule has 2 rings (SSSR count). The second kappa shape index (κ2) is 8.44. The molecule has 1 aromatic rings. The van der Waals surface area contributed by atoms with Gasteiger partial charge in [-0.2, -0.15) is 4.31 Å². The van der Waals surface area contributed by atoms with Crippen molar-refractivity contribution < 1.29 is 13.2 Å². The van der Waals surface area contributed by atoms with E-state index >= 15 is 0 Å². The van der Waals surface area contributed by atoms with E-state index in [0.29, 0.717) is 32.6 Å². The molecule has 6 nitrogen and oxygen atoms in total. The summed E-state index contributed by atoms with van der Waals surface area (Å²) >= 11 is 11.9. The highest BCUT2D eigenvalue weighted by Gasteiger charge is 2.28. The Hall–Kier alpha value is -0.860. The van der Waals surface area contributed by atoms with E-state index in [4.69, 9.17) is 23.2 Å². The summed E-state index contributed by atoms with van der Waals surface area (Å²) in [6.45, 7) is 7.91. The van der Waals surface area contributed by atoms with Crippen LogP contribution in [0.15, 0.2) is 23.1 Å². The second-order valence-electron chi connectivity index (χ2n) is 7.44. The Morgan fingerprint density at radius 3 is 2.27 bits per heavy atom. The molecule has 1 heterocycles. The maximum Gasteiger partial charge on any atom is 0.243 e. The third-order valence-corrected chi connectivity index (χ3v) is 6.22. The van der Waals surface area contributed by atoms with Crippen LogP contribution in [0.4, 0.5) is 0 Å². The third-order valence-electron chi connectivity index (χ3n) is 3.90. The summed E-state index contributed by atoms with van der Waals surface area (Å²) in [5.41, 5.74) is -0.288. The van der Waals surface area contributed by atoms with Gasteiger partial charge < -0.3 is 5.32 Å². The molecule has 0 radical (unpaired) electrons. The minimum absolute atomic E-state index is 0.0598. The number of amides is 1. The Kier molecular flexibility index (Phi) is 6.96. The second-order valence-corrected chi connectivity index (χ2v) is 10.2. The van der Waals surface area contributed by atoms with Crippen molar-refractivity contribution in [2.24, 2.45) is 0 Å². The average molecular weight is 422 g/mol. The molecule has 26 heavy (non-hydrogen) atoms. The van der Waals surface area contributed by atoms with Crippen LogP contribution in [0.3, 0.4) is 0 Å². The molecule has 146 valence electrons. The zero-order valence-corrected chi connectivity index (χ0v) is 17.6. The zero-order chi connectivity index (χ0) is 19.5. The van der Waals surface area contributed by atoms with Crippen LogP contribution in [0.5, 0.6) is 0 Å². The number of sulfonamides is 1. The fraction of sp³-hybridized carbons (Fsp3) is 0.588. The smallest absolute Gasteiger partial charge is 0.243 e. The molecule has 9 heteroatoms. The predicted octanol–water partition coefficient (Wildman–Crippen LogP) is 2.60. The number of hydrogen-bond donors (Lipinski definition) is 1. The van der Waals surface area contributed by atoms with Crippen LogP contribution in [-0.2, 0) is 14.8 Å². The van der Waals surface area contributed by atoms with Crippen molar-refractivity contribution in [2.75, 3.05) is 32.7 Å². The Balaban J connectivity index is 2.04. The van der Waals surface area contributed by atoms with E-state index in [1.54, 1.807) is 0 Å². The molecule has 1 N–H and O–H groups in total. The number of rotatable bonds is 4. The molecule has 0 aromatic heterocycles. The summed E-state index contributed by atoms with van der Waals surface area (Å²) in [6.07, 6.45) is 0.649. The fourth-order valence-electron chi connectivity index (χ4n) is 2.83. The first-order valence-corrected chi connectivity index (χ1v) is 10.7. The number of halogens is 2. The van der Waals surface area contributed by atoms with E-state index in [-0.39, 0.29) is 32.9 Å². The lowest BCUT2D eigenvalue weighted by atomic mass is 10.1. The lowest BCUT2D eigenvalue weighted by Gasteiger charge is -2.25. The Labute approximate surface area is 165 Å². The Morgan fingerprint density at radius 2 is 1.69 bits per heavy atom. The van der Waals surface area contributed by atoms with Gasteiger partial charge >= 0.3 is 0 Å². The minimum atomic E-state index is -3.67. The summed E-state index contributed by atoms with van der Waals surface area (Å²) in [4.78, 5) is 14.2. The number of carbonyl (C=O) groups is 1. The van der Waals surface area contributed by atoms with Gasteiger partial charge in [-0.1, -0.05) is 23.2 Å². The predicted molar refractivity (Wildman–Crippen MR) is 104 cm³/mol. The number of benzene rings is 1. The van der Waals surface area contributed by atoms with Crippen molar-refractivity contribution >= 4 is 39.1 Å². The van der Waals surface area contributed by atoms with E-state index < -0.39 is 10.0 Å². The van der Waals surface area contributed by atoms with Crippen molar-refractivity contribution in [2.45, 2.75) is 37.6 Å². The van der Waals surface area contributed by atoms with Gasteiger partial charge in [0.2, 0.25) is 15.9 Å². The van der Waals surface area contributed by atoms with Crippen molar-refractivity contribution in [1.82, 2.24) is 14.5 Å². The van der Waals surface area contributed by atoms with E-state index in [0.717, 1.165) is 0 Å². The topological polar surface area (TPSA) is 69.7 Å². The molecule has 0 aliphatic carbocycles. The van der Waals surface area contributed by atoms with Crippen LogP contribution in [0.25, 0.3) is 0 Å². The molecule has 1 fully saturated rings. The number of carbonyl (C=O) groups excluding carboxylic acids is 1. The summed E-state index contributed by atoms with van der Waals surface area (Å²) in [5, 5.41) is 3.49. The van der Waals surface area contributed by atoms with Gasteiger partial charge in [0, 0.05) is 35.2 Å². The number of nitrogens with one attached hydrogen (secondary N) is 1. The standard InChI is InChI=1S/C17H25Cl2N3O3S/c1-17(2,3)20-16(23)12-21-5-4-6-22(8-7-21)26(24,25)15-10-13(18)9-14(19)11-15/h9-11H,4-8,12H2,1-3H3,(H,20,23). The van der Waals surface area contributed by atoms with Crippen LogP contribution in [0.1, 0.15) is 27.2 Å². The van der Waals surface area contributed by atoms with Gasteiger partial charge in [0.15, 0.2) is 0 Å². The van der Waals surface area contributed by atoms with Crippen LogP contribution >= 0.6 is 23.2 Å². The molecular formula is C17H25Cl2N3O3S. The summed E-state index contributed by atoms with van der Waals surface area (Å²) in [5.74, 6) is -0.0598. The van der Waals surface area contributed by atoms with Gasteiger partial charge in [0.1, 0.15) is 0 Å². The molecule has 1 aliphatic heterocycles. The van der Waals surface area contributed by atoms with Crippen LogP contribution in [-0.4, -0.2) is 61.8 Å². The maximum absolute atomic E-state index is 12.9. The first-order chi connectivity index (χ1) is 12.0. The molecule has 1 amide bonds. The quantitative estimate of drug-likeness (QED) is 0.810. The van der Waals surface area contributed by atoms with Gasteiger partial charge in [-0.05, 0) is 51.9 Å². The van der Waals surface area contributed by atoms with Gasteiger partial charge in [0.25, 0.3) is 0 Å². The molecule has 1 aromatic carbocycles. The number of hydrogen-bond acceptors (Lipinski definition) is 4. The van der Waals surface area contributed by atoms with E-state index in [9.17, 15) is 13.2 Å². The highest BCUT2D eigenvalue weighted by molar-refractivity contribution is 7.89. The fourth-order valence-corrected chi connectivity index (χ4v) is 5.03. The largest absolute Gasteiger partial charge is 0.350 e. The highest BCUT2D eigenvalue weighted by atomic mass is 35.5. The summed E-state index contributed by atoms with van der Waals surface area (Å²) < 4.78 is 27.2. The van der Waals surface area contributed by atoms with Crippen molar-refractivity contribution in [1.29, 1.82) is 0 Å². The normalized spacial score (nSPS) is 17.7. The molecule has 0 spiro atoms. The number of nitrogens with zero attached hydrogens (tertiary/aromatic N) is 2. The Bertz CT molecular complexity index is 743. The highest BCUT2D eigenvalue weighted by Crippen LogP contribution is 2.25. The first kappa shape index (κ1) is 21.4. The van der Waals surface area contributed by atoms with E-state index in [1.165, 1.54) is 22.5 Å². The first-order valence-electron chi connectivity index (χ1n) is 8.47. The monoisotopic (exact) mass is 421 g/mol. The lowest BCUT2D eigenvalue weighted by Crippen LogP contribution is -2.46. The molecular weight excluding hydrogens is 397 g/mol. The molecule has 0 saturated carbocycles. The van der Waals surface area contributed by atoms with E-state index in [1.807, 2.05) is 25.7 Å². The maximum atomic E-state index is 12.9. The Morgan fingerprint density at radius 1 is 1.08 bits per heavy atom. The van der Waals surface area contributed by atoms with Crippen molar-refractivity contribution in [3.05, 3.63) is 28.2 Å². The van der Waals surface area contributed by atoms with Crippen molar-refractivity contribution in [3.8, 4) is 0 Å². The lowest BCUT2D eigenvalue weighted by molar-refractivity contribution is -0.123. The van der Waals surface area contributed by atoms with Gasteiger partial charge in [-0.15, -0.1) is 0 Å². The SMILES string of the molecule is CC(C)(C)NC(=O)CN1CCCN(S(=O)(=O)c2cc(Cl)cc(Cl)c2)CC1. The van der Waals surface area contributed by atoms with Crippen LogP contribution in [0, 0.1) is 0 Å². The third kappa shape index (κ3) is 6.09. The summed E-state index contributed by atoms with van der Waals surface area (Å²) in [6, 6.07) is 4.31. The van der Waals surface area contributed by atoms with Gasteiger partial charge in [-0.25, -0.2) is 8.42 Å². The van der Waals surface area contributed by atoms with Crippen LogP contribution in [0.2, 0.25) is 10.0 Å². The van der Waals surface area contributed by atoms with Crippen molar-refractivity contribution in [3.63, 3.8) is 0 Å². The molecule has 1 saturated heterocycles. The van der Waals surface area contributed by atoms with Gasteiger partial charge in [0.05, 0.1) is 11.4 Å². The van der Waals surface area contributed by atoms with E-state index in [2.05, 4.69) is 5.32 Å². The molecule has 0 unspecified atom stereocenters. The zero-order valence-electron chi connectivity index (χ0n) is 15.3. The molecule has 0 bridgehead atoms. The molecule has 0 atom stereocenters. The average Bonchev–Trinajstić information content (AvgIpc) is 2.70. The van der Waals surface area contributed by atoms with Gasteiger partial charge in [-0.3, -0.25) is 9.69 Å². The summed E-state index contributed by atoms with van der Waals surface area (Å²) in [7, 11) is -3.67.